The van der Waals surface area contributed by atoms with Crippen LogP contribution < -0.4 is 5.73 Å². The summed E-state index contributed by atoms with van der Waals surface area (Å²) in [4.78, 5) is 4.00. The largest absolute Gasteiger partial charge is 0.383 e. The maximum Gasteiger partial charge on any atom is 0.129 e. The molecule has 2 rings (SSSR count). The van der Waals surface area contributed by atoms with Crippen molar-refractivity contribution in [1.82, 2.24) is 15.2 Å². The number of H-pyrrole nitrogens is 1. The van der Waals surface area contributed by atoms with Crippen LogP contribution in [0.1, 0.15) is 22.8 Å². The molecule has 5 heteroatoms. The first-order valence-electron chi connectivity index (χ1n) is 4.57. The number of rotatable bonds is 2. The number of hydrogen-bond acceptors (Lipinski definition) is 4. The number of pyridine rings is 1. The number of aromatic nitrogens is 3. The Kier molecular flexibility index (Phi) is 2.39. The van der Waals surface area contributed by atoms with E-state index < -0.39 is 6.10 Å². The van der Waals surface area contributed by atoms with Crippen molar-refractivity contribution < 1.29 is 5.11 Å². The number of nitrogens with one attached hydrogen (secondary N) is 1. The fourth-order valence-corrected chi connectivity index (χ4v) is 1.41. The third kappa shape index (κ3) is 1.82. The summed E-state index contributed by atoms with van der Waals surface area (Å²) in [7, 11) is 0. The molecule has 0 amide bonds. The summed E-state index contributed by atoms with van der Waals surface area (Å²) in [6.07, 6.45) is 4.08. The average molecular weight is 204 g/mol. The third-order valence-corrected chi connectivity index (χ3v) is 2.22. The quantitative estimate of drug-likeness (QED) is 0.674. The van der Waals surface area contributed by atoms with Gasteiger partial charge >= 0.3 is 0 Å². The normalized spacial score (nSPS) is 12.7. The molecule has 1 atom stereocenters. The Hall–Kier alpha value is -1.88. The van der Waals surface area contributed by atoms with Crippen LogP contribution in [0.4, 0.5) is 5.82 Å². The van der Waals surface area contributed by atoms with Crippen molar-refractivity contribution >= 4 is 5.82 Å². The van der Waals surface area contributed by atoms with Crippen molar-refractivity contribution in [3.8, 4) is 0 Å². The zero-order valence-electron chi connectivity index (χ0n) is 8.31. The first kappa shape index (κ1) is 9.67. The van der Waals surface area contributed by atoms with Crippen LogP contribution in [0, 0.1) is 6.92 Å². The van der Waals surface area contributed by atoms with Gasteiger partial charge in [0.05, 0.1) is 6.20 Å². The molecule has 0 aliphatic rings. The van der Waals surface area contributed by atoms with Crippen molar-refractivity contribution in [3.63, 3.8) is 0 Å². The first-order chi connectivity index (χ1) is 7.18. The molecule has 0 aliphatic heterocycles. The number of aliphatic hydroxyl groups excluding tert-OH is 1. The van der Waals surface area contributed by atoms with E-state index in [1.165, 1.54) is 0 Å². The summed E-state index contributed by atoms with van der Waals surface area (Å²) in [5.74, 6) is 0.342. The van der Waals surface area contributed by atoms with E-state index in [1.54, 1.807) is 18.6 Å². The smallest absolute Gasteiger partial charge is 0.129 e. The fourth-order valence-electron chi connectivity index (χ4n) is 1.41. The molecule has 0 fully saturated rings. The number of aliphatic hydroxyl groups is 1. The topological polar surface area (TPSA) is 87.8 Å². The standard InChI is InChI=1S/C10H12N4O/c1-6-2-8(10(11)12-3-6)9(15)7-4-13-14-5-7/h2-5,9,15H,1H3,(H2,11,12)(H,13,14). The molecule has 15 heavy (non-hydrogen) atoms. The minimum absolute atomic E-state index is 0.342. The maximum absolute atomic E-state index is 10.0. The monoisotopic (exact) mass is 204 g/mol. The van der Waals surface area contributed by atoms with Gasteiger partial charge in [0, 0.05) is 23.5 Å². The van der Waals surface area contributed by atoms with E-state index in [0.29, 0.717) is 16.9 Å². The summed E-state index contributed by atoms with van der Waals surface area (Å²) < 4.78 is 0. The molecule has 0 saturated heterocycles. The van der Waals surface area contributed by atoms with Gasteiger partial charge in [-0.2, -0.15) is 5.10 Å². The molecule has 4 N–H and O–H groups in total. The van der Waals surface area contributed by atoms with E-state index in [9.17, 15) is 5.11 Å². The molecule has 2 heterocycles. The molecule has 2 aromatic rings. The van der Waals surface area contributed by atoms with Gasteiger partial charge in [-0.25, -0.2) is 4.98 Å². The van der Waals surface area contributed by atoms with Gasteiger partial charge in [-0.3, -0.25) is 5.10 Å². The number of nitrogens with two attached hydrogens (primary N) is 1. The summed E-state index contributed by atoms with van der Waals surface area (Å²) >= 11 is 0. The molecule has 5 nitrogen and oxygen atoms in total. The molecule has 0 aliphatic carbocycles. The lowest BCUT2D eigenvalue weighted by Crippen LogP contribution is -2.05. The van der Waals surface area contributed by atoms with Crippen LogP contribution in [0.5, 0.6) is 0 Å². The number of anilines is 1. The zero-order valence-corrected chi connectivity index (χ0v) is 8.31. The Morgan fingerprint density at radius 3 is 2.93 bits per heavy atom. The predicted molar refractivity (Wildman–Crippen MR) is 56.0 cm³/mol. The highest BCUT2D eigenvalue weighted by Crippen LogP contribution is 2.25. The van der Waals surface area contributed by atoms with Crippen LogP contribution in [0.3, 0.4) is 0 Å². The lowest BCUT2D eigenvalue weighted by atomic mass is 10.0. The van der Waals surface area contributed by atoms with Crippen molar-refractivity contribution in [1.29, 1.82) is 0 Å². The molecule has 78 valence electrons. The molecule has 0 radical (unpaired) electrons. The first-order valence-corrected chi connectivity index (χ1v) is 4.57. The summed E-state index contributed by atoms with van der Waals surface area (Å²) in [6.45, 7) is 1.90. The van der Waals surface area contributed by atoms with Gasteiger partial charge in [-0.05, 0) is 18.6 Å². The second kappa shape index (κ2) is 3.70. The number of nitrogen functional groups attached to an aromatic ring is 1. The van der Waals surface area contributed by atoms with Gasteiger partial charge in [-0.15, -0.1) is 0 Å². The van der Waals surface area contributed by atoms with Crippen molar-refractivity contribution in [2.45, 2.75) is 13.0 Å². The van der Waals surface area contributed by atoms with Gasteiger partial charge < -0.3 is 10.8 Å². The van der Waals surface area contributed by atoms with Gasteiger partial charge in [0.25, 0.3) is 0 Å². The lowest BCUT2D eigenvalue weighted by Gasteiger charge is -2.11. The molecular weight excluding hydrogens is 192 g/mol. The van der Waals surface area contributed by atoms with E-state index in [-0.39, 0.29) is 0 Å². The highest BCUT2D eigenvalue weighted by Gasteiger charge is 2.15. The van der Waals surface area contributed by atoms with E-state index in [1.807, 2.05) is 13.0 Å². The number of nitrogens with zero attached hydrogens (tertiary/aromatic N) is 2. The number of aryl methyl sites for hydroxylation is 1. The van der Waals surface area contributed by atoms with Gasteiger partial charge in [0.2, 0.25) is 0 Å². The van der Waals surface area contributed by atoms with Crippen LogP contribution >= 0.6 is 0 Å². The highest BCUT2D eigenvalue weighted by atomic mass is 16.3. The maximum atomic E-state index is 10.0. The van der Waals surface area contributed by atoms with Gasteiger partial charge in [0.15, 0.2) is 0 Å². The molecular formula is C10H12N4O. The predicted octanol–water partition coefficient (Wildman–Crippen LogP) is 0.777. The Balaban J connectivity index is 2.41. The highest BCUT2D eigenvalue weighted by molar-refractivity contribution is 5.45. The Morgan fingerprint density at radius 1 is 1.47 bits per heavy atom. The molecule has 0 aromatic carbocycles. The van der Waals surface area contributed by atoms with Gasteiger partial charge in [0.1, 0.15) is 11.9 Å². The molecule has 0 saturated carbocycles. The van der Waals surface area contributed by atoms with Crippen LogP contribution in [0.2, 0.25) is 0 Å². The van der Waals surface area contributed by atoms with E-state index >= 15 is 0 Å². The third-order valence-electron chi connectivity index (χ3n) is 2.22. The van der Waals surface area contributed by atoms with Crippen LogP contribution in [0.25, 0.3) is 0 Å². The van der Waals surface area contributed by atoms with Gasteiger partial charge in [-0.1, -0.05) is 0 Å². The molecule has 2 aromatic heterocycles. The van der Waals surface area contributed by atoms with E-state index in [2.05, 4.69) is 15.2 Å². The van der Waals surface area contributed by atoms with E-state index in [4.69, 9.17) is 5.73 Å². The second-order valence-electron chi connectivity index (χ2n) is 3.42. The Morgan fingerprint density at radius 2 is 2.27 bits per heavy atom. The van der Waals surface area contributed by atoms with Crippen molar-refractivity contribution in [2.24, 2.45) is 0 Å². The zero-order chi connectivity index (χ0) is 10.8. The van der Waals surface area contributed by atoms with Crippen LogP contribution in [-0.4, -0.2) is 20.3 Å². The SMILES string of the molecule is Cc1cnc(N)c(C(O)c2cn[nH]c2)c1. The van der Waals surface area contributed by atoms with Crippen molar-refractivity contribution in [2.75, 3.05) is 5.73 Å². The lowest BCUT2D eigenvalue weighted by molar-refractivity contribution is 0.220. The summed E-state index contributed by atoms with van der Waals surface area (Å²) in [5, 5.41) is 16.4. The Bertz CT molecular complexity index is 452. The number of aromatic amines is 1. The number of hydrogen-bond donors (Lipinski definition) is 3. The fraction of sp³-hybridized carbons (Fsp3) is 0.200. The van der Waals surface area contributed by atoms with Crippen LogP contribution in [-0.2, 0) is 0 Å². The molecule has 1 unspecified atom stereocenters. The van der Waals surface area contributed by atoms with Crippen LogP contribution in [0.15, 0.2) is 24.7 Å². The molecule has 0 spiro atoms. The Labute approximate surface area is 87.0 Å². The minimum Gasteiger partial charge on any atom is -0.383 e. The average Bonchev–Trinajstić information content (AvgIpc) is 2.74. The minimum atomic E-state index is -0.781. The second-order valence-corrected chi connectivity index (χ2v) is 3.42. The summed E-state index contributed by atoms with van der Waals surface area (Å²) in [6, 6.07) is 1.82. The summed E-state index contributed by atoms with van der Waals surface area (Å²) in [5.41, 5.74) is 7.94. The van der Waals surface area contributed by atoms with E-state index in [0.717, 1.165) is 5.56 Å². The van der Waals surface area contributed by atoms with Crippen molar-refractivity contribution in [3.05, 3.63) is 41.3 Å². The molecule has 0 bridgehead atoms.